The van der Waals surface area contributed by atoms with Gasteiger partial charge in [-0.1, -0.05) is 24.3 Å². The molecule has 3 aromatic carbocycles. The van der Waals surface area contributed by atoms with Crippen molar-refractivity contribution in [3.63, 3.8) is 0 Å². The molecule has 0 aliphatic heterocycles. The van der Waals surface area contributed by atoms with E-state index in [0.29, 0.717) is 29.4 Å². The number of carbonyl (C=O) groups excluding carboxylic acids is 1. The topological polar surface area (TPSA) is 73.9 Å². The first-order chi connectivity index (χ1) is 14.4. The number of anilines is 1. The molecule has 0 spiro atoms. The third-order valence-electron chi connectivity index (χ3n) is 4.09. The monoisotopic (exact) mass is 425 g/mol. The fourth-order valence-corrected chi connectivity index (χ4v) is 4.12. The Morgan fingerprint density at radius 1 is 0.867 bits per heavy atom. The molecule has 0 radical (unpaired) electrons. The number of nitrogens with one attached hydrogen (secondary N) is 1. The van der Waals surface area contributed by atoms with Crippen molar-refractivity contribution in [3.8, 4) is 11.5 Å². The van der Waals surface area contributed by atoms with Crippen LogP contribution in [0.3, 0.4) is 0 Å². The fourth-order valence-electron chi connectivity index (χ4n) is 2.74. The highest BCUT2D eigenvalue weighted by atomic mass is 31.2. The normalized spacial score (nSPS) is 10.9. The van der Waals surface area contributed by atoms with Gasteiger partial charge in [0.05, 0.1) is 12.2 Å². The molecule has 0 aliphatic rings. The van der Waals surface area contributed by atoms with E-state index in [2.05, 4.69) is 5.09 Å². The Kier molecular flexibility index (Phi) is 6.80. The lowest BCUT2D eigenvalue weighted by atomic mass is 10.2. The second kappa shape index (κ2) is 9.51. The largest absolute Gasteiger partial charge is 0.541 e. The summed E-state index contributed by atoms with van der Waals surface area (Å²) in [5, 5.41) is 2.85. The minimum absolute atomic E-state index is 0.294. The second-order valence-electron chi connectivity index (χ2n) is 6.72. The van der Waals surface area contributed by atoms with Gasteiger partial charge in [0, 0.05) is 5.69 Å². The minimum Gasteiger partial charge on any atom is -0.462 e. The zero-order valence-corrected chi connectivity index (χ0v) is 18.0. The van der Waals surface area contributed by atoms with Crippen molar-refractivity contribution in [2.75, 3.05) is 11.7 Å². The molecule has 0 bridgehead atoms. The Hall–Kier alpha value is -3.24. The van der Waals surface area contributed by atoms with E-state index in [0.717, 1.165) is 11.1 Å². The number of rotatable bonds is 8. The minimum atomic E-state index is -3.84. The second-order valence-corrected chi connectivity index (χ2v) is 8.31. The van der Waals surface area contributed by atoms with Crippen LogP contribution in [-0.2, 0) is 9.30 Å². The number of hydrogen-bond acceptors (Lipinski definition) is 5. The average Bonchev–Trinajstić information content (AvgIpc) is 2.68. The van der Waals surface area contributed by atoms with Crippen LogP contribution in [0.25, 0.3) is 0 Å². The summed E-state index contributed by atoms with van der Waals surface area (Å²) in [7, 11) is -3.84. The van der Waals surface area contributed by atoms with Gasteiger partial charge < -0.3 is 13.8 Å². The van der Waals surface area contributed by atoms with E-state index < -0.39 is 13.7 Å². The summed E-state index contributed by atoms with van der Waals surface area (Å²) in [6.07, 6.45) is 0. The van der Waals surface area contributed by atoms with Gasteiger partial charge in [0.1, 0.15) is 11.5 Å². The third kappa shape index (κ3) is 5.88. The molecule has 7 heteroatoms. The molecule has 0 saturated carbocycles. The molecule has 0 amide bonds. The van der Waals surface area contributed by atoms with Crippen LogP contribution in [0, 0.1) is 13.8 Å². The molecule has 156 valence electrons. The number of aryl methyl sites for hydroxylation is 2. The molecule has 0 atom stereocenters. The predicted molar refractivity (Wildman–Crippen MR) is 117 cm³/mol. The first-order valence-corrected chi connectivity index (χ1v) is 11.1. The average molecular weight is 425 g/mol. The summed E-state index contributed by atoms with van der Waals surface area (Å²) >= 11 is 0. The van der Waals surface area contributed by atoms with E-state index in [9.17, 15) is 9.36 Å². The Balaban J connectivity index is 1.86. The van der Waals surface area contributed by atoms with Crippen molar-refractivity contribution in [1.82, 2.24) is 0 Å². The zero-order valence-electron chi connectivity index (χ0n) is 17.1. The fraction of sp³-hybridized carbons (Fsp3) is 0.174. The number of carbonyl (C=O) groups is 1. The van der Waals surface area contributed by atoms with Crippen molar-refractivity contribution < 1.29 is 23.1 Å². The van der Waals surface area contributed by atoms with Crippen molar-refractivity contribution in [2.24, 2.45) is 0 Å². The Labute approximate surface area is 176 Å². The standard InChI is InChI=1S/C23H24NO5P/c1-4-27-23(25)19-11-13-20(14-12-19)24-30(26,28-21-9-5-7-17(2)15-21)29-22-10-6-8-18(3)16-22/h5-16H,4H2,1-3H3,(H,24,26). The van der Waals surface area contributed by atoms with Crippen LogP contribution in [0.5, 0.6) is 11.5 Å². The molecule has 1 N–H and O–H groups in total. The van der Waals surface area contributed by atoms with Gasteiger partial charge in [-0.3, -0.25) is 5.09 Å². The lowest BCUT2D eigenvalue weighted by molar-refractivity contribution is 0.0526. The molecule has 30 heavy (non-hydrogen) atoms. The van der Waals surface area contributed by atoms with E-state index in [1.165, 1.54) is 0 Å². The summed E-state index contributed by atoms with van der Waals surface area (Å²) in [6.45, 7) is 5.87. The molecule has 0 heterocycles. The molecule has 0 aromatic heterocycles. The molecule has 0 unspecified atom stereocenters. The van der Waals surface area contributed by atoms with E-state index >= 15 is 0 Å². The maximum Gasteiger partial charge on any atom is 0.541 e. The van der Waals surface area contributed by atoms with Crippen LogP contribution in [0.1, 0.15) is 28.4 Å². The highest BCUT2D eigenvalue weighted by molar-refractivity contribution is 7.56. The molecule has 0 saturated heterocycles. The van der Waals surface area contributed by atoms with Gasteiger partial charge in [-0.2, -0.15) is 0 Å². The molecular formula is C23H24NO5P. The number of hydrogen-bond donors (Lipinski definition) is 1. The molecule has 3 aromatic rings. The van der Waals surface area contributed by atoms with Crippen molar-refractivity contribution >= 4 is 19.4 Å². The molecule has 0 fully saturated rings. The van der Waals surface area contributed by atoms with Crippen LogP contribution >= 0.6 is 7.75 Å². The summed E-state index contributed by atoms with van der Waals surface area (Å²) in [4.78, 5) is 11.8. The maximum atomic E-state index is 13.6. The summed E-state index contributed by atoms with van der Waals surface area (Å²) in [5.41, 5.74) is 2.81. The maximum absolute atomic E-state index is 13.6. The van der Waals surface area contributed by atoms with Crippen LogP contribution in [0.4, 0.5) is 5.69 Å². The first-order valence-electron chi connectivity index (χ1n) is 9.55. The SMILES string of the molecule is CCOC(=O)c1ccc(NP(=O)(Oc2cccc(C)c2)Oc2cccc(C)c2)cc1. The van der Waals surface area contributed by atoms with E-state index in [-0.39, 0.29) is 0 Å². The Morgan fingerprint density at radius 2 is 1.40 bits per heavy atom. The summed E-state index contributed by atoms with van der Waals surface area (Å²) in [5.74, 6) is 0.419. The first kappa shape index (κ1) is 21.5. The number of esters is 1. The smallest absolute Gasteiger partial charge is 0.462 e. The van der Waals surface area contributed by atoms with Gasteiger partial charge in [-0.25, -0.2) is 9.36 Å². The highest BCUT2D eigenvalue weighted by Gasteiger charge is 2.29. The lowest BCUT2D eigenvalue weighted by Gasteiger charge is -2.21. The van der Waals surface area contributed by atoms with Gasteiger partial charge >= 0.3 is 13.7 Å². The molecule has 0 aliphatic carbocycles. The van der Waals surface area contributed by atoms with Gasteiger partial charge in [0.15, 0.2) is 0 Å². The van der Waals surface area contributed by atoms with Crippen molar-refractivity contribution in [1.29, 1.82) is 0 Å². The zero-order chi connectivity index (χ0) is 21.6. The van der Waals surface area contributed by atoms with Crippen LogP contribution in [0.2, 0.25) is 0 Å². The molecule has 3 rings (SSSR count). The lowest BCUT2D eigenvalue weighted by Crippen LogP contribution is -2.10. The van der Waals surface area contributed by atoms with Crippen molar-refractivity contribution in [2.45, 2.75) is 20.8 Å². The van der Waals surface area contributed by atoms with Gasteiger partial charge in [0.2, 0.25) is 0 Å². The van der Waals surface area contributed by atoms with Gasteiger partial charge in [-0.15, -0.1) is 0 Å². The van der Waals surface area contributed by atoms with Gasteiger partial charge in [0.25, 0.3) is 0 Å². The Bertz CT molecular complexity index is 1010. The van der Waals surface area contributed by atoms with Crippen LogP contribution in [-0.4, -0.2) is 12.6 Å². The molecule has 6 nitrogen and oxygen atoms in total. The number of ether oxygens (including phenoxy) is 1. The molecular weight excluding hydrogens is 401 g/mol. The third-order valence-corrected chi connectivity index (χ3v) is 5.53. The van der Waals surface area contributed by atoms with Gasteiger partial charge in [-0.05, 0) is 80.4 Å². The van der Waals surface area contributed by atoms with E-state index in [1.807, 2.05) is 38.1 Å². The summed E-state index contributed by atoms with van der Waals surface area (Å²) in [6, 6.07) is 20.9. The number of benzene rings is 3. The predicted octanol–water partition coefficient (Wildman–Crippen LogP) is 6.16. The highest BCUT2D eigenvalue weighted by Crippen LogP contribution is 2.48. The van der Waals surface area contributed by atoms with Crippen LogP contribution < -0.4 is 14.1 Å². The quantitative estimate of drug-likeness (QED) is 0.344. The van der Waals surface area contributed by atoms with E-state index in [1.54, 1.807) is 55.5 Å². The Morgan fingerprint density at radius 3 is 1.87 bits per heavy atom. The van der Waals surface area contributed by atoms with E-state index in [4.69, 9.17) is 13.8 Å². The summed E-state index contributed by atoms with van der Waals surface area (Å²) < 4.78 is 30.2. The van der Waals surface area contributed by atoms with Crippen LogP contribution in [0.15, 0.2) is 72.8 Å². The van der Waals surface area contributed by atoms with Crippen molar-refractivity contribution in [3.05, 3.63) is 89.5 Å².